The van der Waals surface area contributed by atoms with E-state index in [4.69, 9.17) is 9.84 Å². The van der Waals surface area contributed by atoms with E-state index in [2.05, 4.69) is 26.1 Å². The monoisotopic (exact) mass is 255 g/mol. The molecule has 2 saturated carbocycles. The molecule has 0 aromatic heterocycles. The van der Waals surface area contributed by atoms with Crippen molar-refractivity contribution in [2.24, 2.45) is 16.7 Å². The van der Waals surface area contributed by atoms with Gasteiger partial charge in [0.1, 0.15) is 0 Å². The molecular weight excluding hydrogens is 226 g/mol. The molecule has 0 heterocycles. The first kappa shape index (κ1) is 14.3. The predicted octanol–water partition coefficient (Wildman–Crippen LogP) is 2.19. The van der Waals surface area contributed by atoms with Gasteiger partial charge < -0.3 is 15.2 Å². The molecule has 0 saturated heterocycles. The Kier molecular flexibility index (Phi) is 4.35. The summed E-state index contributed by atoms with van der Waals surface area (Å²) < 4.78 is 5.30. The molecule has 3 unspecified atom stereocenters. The zero-order valence-corrected chi connectivity index (χ0v) is 12.2. The van der Waals surface area contributed by atoms with Gasteiger partial charge in [0.2, 0.25) is 0 Å². The van der Waals surface area contributed by atoms with Crippen LogP contribution in [0.3, 0.4) is 0 Å². The van der Waals surface area contributed by atoms with Crippen LogP contribution in [0.2, 0.25) is 0 Å². The van der Waals surface area contributed by atoms with Crippen molar-refractivity contribution < 1.29 is 9.84 Å². The summed E-state index contributed by atoms with van der Waals surface area (Å²) >= 11 is 0. The Morgan fingerprint density at radius 2 is 2.06 bits per heavy atom. The molecule has 2 N–H and O–H groups in total. The van der Waals surface area contributed by atoms with Gasteiger partial charge in [-0.1, -0.05) is 20.8 Å². The Morgan fingerprint density at radius 1 is 1.28 bits per heavy atom. The number of aliphatic hydroxyl groups excluding tert-OH is 1. The van der Waals surface area contributed by atoms with Crippen LogP contribution in [-0.2, 0) is 4.74 Å². The highest BCUT2D eigenvalue weighted by Crippen LogP contribution is 2.62. The highest BCUT2D eigenvalue weighted by Gasteiger charge is 2.58. The van der Waals surface area contributed by atoms with Gasteiger partial charge in [-0.3, -0.25) is 0 Å². The van der Waals surface area contributed by atoms with Crippen molar-refractivity contribution >= 4 is 0 Å². The summed E-state index contributed by atoms with van der Waals surface area (Å²) in [5.41, 5.74) is 0.957. The molecule has 2 rings (SSSR count). The third-order valence-corrected chi connectivity index (χ3v) is 5.32. The smallest absolute Gasteiger partial charge is 0.0697 e. The molecule has 0 aromatic rings. The average Bonchev–Trinajstić information content (AvgIpc) is 2.78. The van der Waals surface area contributed by atoms with Crippen LogP contribution in [0.15, 0.2) is 0 Å². The molecule has 0 amide bonds. The van der Waals surface area contributed by atoms with Gasteiger partial charge in [-0.15, -0.1) is 0 Å². The van der Waals surface area contributed by atoms with E-state index >= 15 is 0 Å². The van der Waals surface area contributed by atoms with E-state index in [1.165, 1.54) is 19.3 Å². The van der Waals surface area contributed by atoms with Crippen molar-refractivity contribution in [3.8, 4) is 0 Å². The first-order valence-electron chi connectivity index (χ1n) is 7.43. The number of fused-ring (bicyclic) bond motifs is 2. The van der Waals surface area contributed by atoms with E-state index in [9.17, 15) is 0 Å². The van der Waals surface area contributed by atoms with Crippen LogP contribution in [0.5, 0.6) is 0 Å². The summed E-state index contributed by atoms with van der Waals surface area (Å²) in [6.45, 7) is 9.70. The highest BCUT2D eigenvalue weighted by atomic mass is 16.5. The minimum atomic E-state index is 0.128. The molecule has 0 spiro atoms. The van der Waals surface area contributed by atoms with Gasteiger partial charge >= 0.3 is 0 Å². The summed E-state index contributed by atoms with van der Waals surface area (Å²) in [5.74, 6) is 0.908. The van der Waals surface area contributed by atoms with Crippen molar-refractivity contribution in [3.63, 3.8) is 0 Å². The van der Waals surface area contributed by atoms with Gasteiger partial charge in [0.15, 0.2) is 0 Å². The van der Waals surface area contributed by atoms with Crippen molar-refractivity contribution in [2.45, 2.75) is 52.5 Å². The summed E-state index contributed by atoms with van der Waals surface area (Å²) in [7, 11) is 0. The van der Waals surface area contributed by atoms with Gasteiger partial charge in [0.25, 0.3) is 0 Å². The fourth-order valence-electron chi connectivity index (χ4n) is 4.40. The minimum absolute atomic E-state index is 0.128. The summed E-state index contributed by atoms with van der Waals surface area (Å²) in [5, 5.41) is 12.4. The Bertz CT molecular complexity index is 275. The van der Waals surface area contributed by atoms with Crippen LogP contribution >= 0.6 is 0 Å². The maximum Gasteiger partial charge on any atom is 0.0697 e. The highest BCUT2D eigenvalue weighted by molar-refractivity contribution is 5.11. The third kappa shape index (κ3) is 2.59. The maximum atomic E-state index is 8.63. The Balaban J connectivity index is 1.75. The Labute approximate surface area is 111 Å². The molecule has 2 fully saturated rings. The van der Waals surface area contributed by atoms with Gasteiger partial charge in [0.05, 0.1) is 13.2 Å². The van der Waals surface area contributed by atoms with Gasteiger partial charge in [-0.05, 0) is 49.0 Å². The zero-order chi connectivity index (χ0) is 13.2. The standard InChI is InChI=1S/C15H29NO2/c1-14(2)12-5-6-15(3,11-12)13(14)16-7-4-9-18-10-8-17/h12-13,16-17H,4-11H2,1-3H3. The van der Waals surface area contributed by atoms with Crippen LogP contribution in [0.1, 0.15) is 46.5 Å². The van der Waals surface area contributed by atoms with E-state index in [1.54, 1.807) is 0 Å². The topological polar surface area (TPSA) is 41.5 Å². The van der Waals surface area contributed by atoms with Gasteiger partial charge in [-0.2, -0.15) is 0 Å². The van der Waals surface area contributed by atoms with Crippen molar-refractivity contribution in [1.82, 2.24) is 5.32 Å². The number of rotatable bonds is 7. The van der Waals surface area contributed by atoms with E-state index in [0.717, 1.165) is 25.5 Å². The van der Waals surface area contributed by atoms with Crippen LogP contribution in [0.4, 0.5) is 0 Å². The van der Waals surface area contributed by atoms with Crippen molar-refractivity contribution in [2.75, 3.05) is 26.4 Å². The number of aliphatic hydroxyl groups is 1. The fraction of sp³-hybridized carbons (Fsp3) is 1.00. The van der Waals surface area contributed by atoms with E-state index in [1.807, 2.05) is 0 Å². The average molecular weight is 255 g/mol. The number of hydrogen-bond donors (Lipinski definition) is 2. The van der Waals surface area contributed by atoms with Gasteiger partial charge in [0, 0.05) is 12.6 Å². The van der Waals surface area contributed by atoms with Crippen LogP contribution < -0.4 is 5.32 Å². The Hall–Kier alpha value is -0.120. The first-order valence-corrected chi connectivity index (χ1v) is 7.43. The number of ether oxygens (including phenoxy) is 1. The molecule has 2 aliphatic rings. The molecule has 3 nitrogen and oxygen atoms in total. The lowest BCUT2D eigenvalue weighted by Gasteiger charge is -2.43. The number of hydrogen-bond acceptors (Lipinski definition) is 3. The number of nitrogens with one attached hydrogen (secondary N) is 1. The van der Waals surface area contributed by atoms with E-state index in [0.29, 0.717) is 23.5 Å². The Morgan fingerprint density at radius 3 is 2.67 bits per heavy atom. The largest absolute Gasteiger partial charge is 0.394 e. The summed E-state index contributed by atoms with van der Waals surface area (Å²) in [4.78, 5) is 0. The van der Waals surface area contributed by atoms with Crippen LogP contribution in [0.25, 0.3) is 0 Å². The van der Waals surface area contributed by atoms with E-state index < -0.39 is 0 Å². The molecule has 0 aromatic carbocycles. The molecule has 3 atom stereocenters. The molecule has 2 bridgehead atoms. The summed E-state index contributed by atoms with van der Waals surface area (Å²) in [6.07, 6.45) is 5.24. The summed E-state index contributed by atoms with van der Waals surface area (Å²) in [6, 6.07) is 0.654. The second-order valence-corrected chi connectivity index (χ2v) is 6.99. The van der Waals surface area contributed by atoms with Crippen molar-refractivity contribution in [1.29, 1.82) is 0 Å². The molecule has 18 heavy (non-hydrogen) atoms. The molecule has 106 valence electrons. The first-order chi connectivity index (χ1) is 8.50. The second kappa shape index (κ2) is 5.48. The lowest BCUT2D eigenvalue weighted by Crippen LogP contribution is -2.50. The fourth-order valence-corrected chi connectivity index (χ4v) is 4.40. The maximum absolute atomic E-state index is 8.63. The molecule has 0 radical (unpaired) electrons. The minimum Gasteiger partial charge on any atom is -0.394 e. The molecule has 2 aliphatic carbocycles. The van der Waals surface area contributed by atoms with E-state index in [-0.39, 0.29) is 6.61 Å². The zero-order valence-electron chi connectivity index (χ0n) is 12.2. The lowest BCUT2D eigenvalue weighted by molar-refractivity contribution is 0.0821. The van der Waals surface area contributed by atoms with Crippen molar-refractivity contribution in [3.05, 3.63) is 0 Å². The quantitative estimate of drug-likeness (QED) is 0.685. The van der Waals surface area contributed by atoms with Crippen LogP contribution in [0, 0.1) is 16.7 Å². The SMILES string of the molecule is CC12CCC(C1)C(C)(C)C2NCCCOCCO. The third-order valence-electron chi connectivity index (χ3n) is 5.32. The van der Waals surface area contributed by atoms with Crippen LogP contribution in [-0.4, -0.2) is 37.5 Å². The molecule has 3 heteroatoms. The van der Waals surface area contributed by atoms with Gasteiger partial charge in [-0.25, -0.2) is 0 Å². The molecular formula is C15H29NO2. The molecule has 0 aliphatic heterocycles. The second-order valence-electron chi connectivity index (χ2n) is 6.99. The normalized spacial score (nSPS) is 37.3. The predicted molar refractivity (Wildman–Crippen MR) is 73.5 cm³/mol. The lowest BCUT2D eigenvalue weighted by atomic mass is 9.68.